The van der Waals surface area contributed by atoms with Crippen molar-refractivity contribution in [3.05, 3.63) is 64.9 Å². The molecule has 5 heteroatoms. The van der Waals surface area contributed by atoms with E-state index in [9.17, 15) is 9.50 Å². The number of benzene rings is 2. The van der Waals surface area contributed by atoms with Crippen LogP contribution in [0.1, 0.15) is 11.7 Å². The van der Waals surface area contributed by atoms with Gasteiger partial charge in [-0.15, -0.1) is 0 Å². The molecule has 0 bridgehead atoms. The third-order valence-corrected chi connectivity index (χ3v) is 4.50. The van der Waals surface area contributed by atoms with Crippen LogP contribution in [0.25, 0.3) is 0 Å². The predicted octanol–water partition coefficient (Wildman–Crippen LogP) is 3.33. The summed E-state index contributed by atoms with van der Waals surface area (Å²) in [7, 11) is 0. The fourth-order valence-electron chi connectivity index (χ4n) is 2.88. The minimum Gasteiger partial charge on any atom is -0.387 e. The van der Waals surface area contributed by atoms with Crippen molar-refractivity contribution in [2.45, 2.75) is 6.10 Å². The number of β-amino-alcohol motifs (C(OH)–C–C–N with tert-alkyl or cyclic N) is 1. The summed E-state index contributed by atoms with van der Waals surface area (Å²) in [6.45, 7) is 4.11. The van der Waals surface area contributed by atoms with E-state index in [1.165, 1.54) is 12.1 Å². The van der Waals surface area contributed by atoms with Crippen molar-refractivity contribution in [3.8, 4) is 0 Å². The fourth-order valence-corrected chi connectivity index (χ4v) is 3.00. The van der Waals surface area contributed by atoms with Gasteiger partial charge < -0.3 is 10.0 Å². The van der Waals surface area contributed by atoms with E-state index in [2.05, 4.69) is 9.80 Å². The zero-order valence-electron chi connectivity index (χ0n) is 12.8. The number of hydrogen-bond donors (Lipinski definition) is 1. The first-order chi connectivity index (χ1) is 11.1. The van der Waals surface area contributed by atoms with E-state index in [1.807, 2.05) is 24.3 Å². The van der Waals surface area contributed by atoms with Gasteiger partial charge >= 0.3 is 0 Å². The van der Waals surface area contributed by atoms with Crippen LogP contribution in [0.3, 0.4) is 0 Å². The molecule has 1 saturated heterocycles. The second-order valence-corrected chi connectivity index (χ2v) is 6.27. The summed E-state index contributed by atoms with van der Waals surface area (Å²) in [6.07, 6.45) is -0.510. The third-order valence-electron chi connectivity index (χ3n) is 4.25. The Kier molecular flexibility index (Phi) is 5.16. The maximum atomic E-state index is 13.0. The van der Waals surface area contributed by atoms with E-state index in [4.69, 9.17) is 11.6 Å². The van der Waals surface area contributed by atoms with Gasteiger partial charge in [-0.3, -0.25) is 4.90 Å². The van der Waals surface area contributed by atoms with E-state index in [0.717, 1.165) is 37.4 Å². The molecule has 1 aliphatic rings. The molecule has 0 spiro atoms. The highest BCUT2D eigenvalue weighted by atomic mass is 35.5. The third kappa shape index (κ3) is 4.22. The average molecular weight is 335 g/mol. The monoisotopic (exact) mass is 334 g/mol. The smallest absolute Gasteiger partial charge is 0.123 e. The van der Waals surface area contributed by atoms with Crippen molar-refractivity contribution in [3.63, 3.8) is 0 Å². The fraction of sp³-hybridized carbons (Fsp3) is 0.333. The molecule has 3 rings (SSSR count). The van der Waals surface area contributed by atoms with Crippen molar-refractivity contribution in [1.29, 1.82) is 0 Å². The van der Waals surface area contributed by atoms with Crippen LogP contribution < -0.4 is 4.90 Å². The number of aliphatic hydroxyl groups excluding tert-OH is 1. The van der Waals surface area contributed by atoms with Crippen molar-refractivity contribution in [1.82, 2.24) is 4.90 Å². The Morgan fingerprint density at radius 3 is 2.17 bits per heavy atom. The Morgan fingerprint density at radius 2 is 1.57 bits per heavy atom. The molecule has 2 aromatic rings. The molecule has 23 heavy (non-hydrogen) atoms. The standard InChI is InChI=1S/C18H20ClFN2O/c19-15-3-1-14(2-4-15)18(23)13-21-9-11-22(12-10-21)17-7-5-16(20)6-8-17/h1-8,18,23H,9-13H2/t18-/m1/s1. The maximum absolute atomic E-state index is 13.0. The molecule has 0 aliphatic carbocycles. The van der Waals surface area contributed by atoms with Gasteiger partial charge in [0, 0.05) is 43.4 Å². The normalized spacial score (nSPS) is 17.3. The largest absolute Gasteiger partial charge is 0.387 e. The first-order valence-electron chi connectivity index (χ1n) is 7.78. The number of rotatable bonds is 4. The van der Waals surface area contributed by atoms with Crippen LogP contribution in [0.4, 0.5) is 10.1 Å². The first-order valence-corrected chi connectivity index (χ1v) is 8.16. The van der Waals surface area contributed by atoms with Gasteiger partial charge in [-0.2, -0.15) is 0 Å². The first kappa shape index (κ1) is 16.2. The minimum atomic E-state index is -0.510. The Bertz CT molecular complexity index is 624. The molecule has 1 aliphatic heterocycles. The molecule has 1 heterocycles. The van der Waals surface area contributed by atoms with E-state index in [-0.39, 0.29) is 5.82 Å². The summed E-state index contributed by atoms with van der Waals surface area (Å²) in [5.41, 5.74) is 1.93. The summed E-state index contributed by atoms with van der Waals surface area (Å²) in [5.74, 6) is -0.210. The van der Waals surface area contributed by atoms with Crippen molar-refractivity contribution < 1.29 is 9.50 Å². The van der Waals surface area contributed by atoms with Gasteiger partial charge in [0.25, 0.3) is 0 Å². The zero-order chi connectivity index (χ0) is 16.2. The maximum Gasteiger partial charge on any atom is 0.123 e. The summed E-state index contributed by atoms with van der Waals surface area (Å²) in [6, 6.07) is 13.9. The lowest BCUT2D eigenvalue weighted by atomic mass is 10.1. The quantitative estimate of drug-likeness (QED) is 0.929. The Hall–Kier alpha value is -1.62. The van der Waals surface area contributed by atoms with Gasteiger partial charge in [0.05, 0.1) is 6.10 Å². The van der Waals surface area contributed by atoms with E-state index in [0.29, 0.717) is 11.6 Å². The molecule has 1 fully saturated rings. The SMILES string of the molecule is O[C@H](CN1CCN(c2ccc(F)cc2)CC1)c1ccc(Cl)cc1. The highest BCUT2D eigenvalue weighted by Crippen LogP contribution is 2.20. The van der Waals surface area contributed by atoms with Gasteiger partial charge in [-0.25, -0.2) is 4.39 Å². The van der Waals surface area contributed by atoms with Crippen molar-refractivity contribution in [2.75, 3.05) is 37.6 Å². The number of piperazine rings is 1. The van der Waals surface area contributed by atoms with Crippen LogP contribution in [0.5, 0.6) is 0 Å². The summed E-state index contributed by atoms with van der Waals surface area (Å²) >= 11 is 5.87. The number of hydrogen-bond acceptors (Lipinski definition) is 3. The zero-order valence-corrected chi connectivity index (χ0v) is 13.6. The van der Waals surface area contributed by atoms with Crippen LogP contribution in [0, 0.1) is 5.82 Å². The Balaban J connectivity index is 1.52. The second-order valence-electron chi connectivity index (χ2n) is 5.83. The molecule has 1 N–H and O–H groups in total. The molecule has 122 valence electrons. The Labute approximate surface area is 140 Å². The number of aliphatic hydroxyl groups is 1. The summed E-state index contributed by atoms with van der Waals surface area (Å²) in [4.78, 5) is 4.49. The van der Waals surface area contributed by atoms with Crippen LogP contribution >= 0.6 is 11.6 Å². The van der Waals surface area contributed by atoms with Crippen LogP contribution in [-0.4, -0.2) is 42.7 Å². The highest BCUT2D eigenvalue weighted by Gasteiger charge is 2.20. The second kappa shape index (κ2) is 7.30. The van der Waals surface area contributed by atoms with Crippen LogP contribution in [0.2, 0.25) is 5.02 Å². The summed E-state index contributed by atoms with van der Waals surface area (Å²) < 4.78 is 13.0. The lowest BCUT2D eigenvalue weighted by molar-refractivity contribution is 0.109. The molecular formula is C18H20ClFN2O. The number of halogens is 2. The molecule has 0 radical (unpaired) electrons. The molecule has 2 aromatic carbocycles. The molecule has 0 saturated carbocycles. The number of nitrogens with zero attached hydrogens (tertiary/aromatic N) is 2. The van der Waals surface area contributed by atoms with Crippen LogP contribution in [-0.2, 0) is 0 Å². The lowest BCUT2D eigenvalue weighted by Gasteiger charge is -2.37. The topological polar surface area (TPSA) is 26.7 Å². The Morgan fingerprint density at radius 1 is 0.957 bits per heavy atom. The molecule has 3 nitrogen and oxygen atoms in total. The average Bonchev–Trinajstić information content (AvgIpc) is 2.57. The molecule has 1 atom stereocenters. The van der Waals surface area contributed by atoms with Gasteiger partial charge in [0.1, 0.15) is 5.82 Å². The molecule has 0 aromatic heterocycles. The van der Waals surface area contributed by atoms with Gasteiger partial charge in [-0.05, 0) is 42.0 Å². The van der Waals surface area contributed by atoms with Crippen molar-refractivity contribution >= 4 is 17.3 Å². The van der Waals surface area contributed by atoms with Gasteiger partial charge in [0.2, 0.25) is 0 Å². The van der Waals surface area contributed by atoms with Crippen LogP contribution in [0.15, 0.2) is 48.5 Å². The van der Waals surface area contributed by atoms with E-state index < -0.39 is 6.10 Å². The van der Waals surface area contributed by atoms with Gasteiger partial charge in [-0.1, -0.05) is 23.7 Å². The van der Waals surface area contributed by atoms with Crippen molar-refractivity contribution in [2.24, 2.45) is 0 Å². The van der Waals surface area contributed by atoms with E-state index >= 15 is 0 Å². The molecular weight excluding hydrogens is 315 g/mol. The molecule has 0 unspecified atom stereocenters. The summed E-state index contributed by atoms with van der Waals surface area (Å²) in [5, 5.41) is 11.0. The van der Waals surface area contributed by atoms with E-state index in [1.54, 1.807) is 12.1 Å². The predicted molar refractivity (Wildman–Crippen MR) is 91.5 cm³/mol. The lowest BCUT2D eigenvalue weighted by Crippen LogP contribution is -2.47. The molecule has 0 amide bonds. The highest BCUT2D eigenvalue weighted by molar-refractivity contribution is 6.30. The number of anilines is 1. The van der Waals surface area contributed by atoms with Gasteiger partial charge in [0.15, 0.2) is 0 Å². The minimum absolute atomic E-state index is 0.210.